The molecule has 1 N–H and O–H groups in total. The second kappa shape index (κ2) is 6.25. The molecule has 1 aliphatic carbocycles. The summed E-state index contributed by atoms with van der Waals surface area (Å²) in [5.41, 5.74) is 0.764. The van der Waals surface area contributed by atoms with Gasteiger partial charge in [0.05, 0.1) is 18.4 Å². The van der Waals surface area contributed by atoms with E-state index < -0.39 is 11.7 Å². The van der Waals surface area contributed by atoms with Crippen LogP contribution in [0.5, 0.6) is 0 Å². The first kappa shape index (κ1) is 16.1. The van der Waals surface area contributed by atoms with E-state index in [2.05, 4.69) is 5.32 Å². The van der Waals surface area contributed by atoms with Gasteiger partial charge in [-0.25, -0.2) is 0 Å². The Morgan fingerprint density at radius 3 is 2.68 bits per heavy atom. The van der Waals surface area contributed by atoms with E-state index in [9.17, 15) is 18.0 Å². The van der Waals surface area contributed by atoms with Crippen LogP contribution < -0.4 is 5.32 Å². The van der Waals surface area contributed by atoms with Crippen molar-refractivity contribution in [2.24, 2.45) is 0 Å². The van der Waals surface area contributed by atoms with Gasteiger partial charge in [-0.05, 0) is 24.6 Å². The zero-order valence-corrected chi connectivity index (χ0v) is 12.3. The highest BCUT2D eigenvalue weighted by Gasteiger charge is 2.33. The fourth-order valence-corrected chi connectivity index (χ4v) is 2.31. The Morgan fingerprint density at radius 1 is 1.36 bits per heavy atom. The maximum Gasteiger partial charge on any atom is 0.416 e. The van der Waals surface area contributed by atoms with Crippen LogP contribution in [0.1, 0.15) is 24.5 Å². The van der Waals surface area contributed by atoms with Crippen molar-refractivity contribution < 1.29 is 22.7 Å². The molecule has 0 fully saturated rings. The molecule has 0 saturated carbocycles. The molecular formula is C16H16F3NO2. The van der Waals surface area contributed by atoms with Crippen LogP contribution >= 0.6 is 0 Å². The molecule has 0 unspecified atom stereocenters. The monoisotopic (exact) mass is 311 g/mol. The van der Waals surface area contributed by atoms with Gasteiger partial charge in [-0.2, -0.15) is 13.2 Å². The van der Waals surface area contributed by atoms with Crippen molar-refractivity contribution in [3.8, 4) is 0 Å². The third-order valence-electron chi connectivity index (χ3n) is 3.36. The van der Waals surface area contributed by atoms with Crippen molar-refractivity contribution in [2.45, 2.75) is 19.5 Å². The van der Waals surface area contributed by atoms with Crippen molar-refractivity contribution in [1.82, 2.24) is 5.32 Å². The second-order valence-electron chi connectivity index (χ2n) is 4.79. The van der Waals surface area contributed by atoms with Crippen LogP contribution in [0.2, 0.25) is 0 Å². The second-order valence-corrected chi connectivity index (χ2v) is 4.79. The van der Waals surface area contributed by atoms with Gasteiger partial charge in [0.1, 0.15) is 0 Å². The molecule has 3 nitrogen and oxygen atoms in total. The Hall–Kier alpha value is -2.24. The van der Waals surface area contributed by atoms with E-state index in [4.69, 9.17) is 4.74 Å². The fourth-order valence-electron chi connectivity index (χ4n) is 2.31. The smallest absolute Gasteiger partial charge is 0.416 e. The molecular weight excluding hydrogens is 295 g/mol. The van der Waals surface area contributed by atoms with Crippen LogP contribution in [0.3, 0.4) is 0 Å². The molecule has 1 aliphatic rings. The Kier molecular flexibility index (Phi) is 4.59. The number of carbonyl (C=O) groups excluding carboxylic acids is 1. The lowest BCUT2D eigenvalue weighted by Crippen LogP contribution is -2.08. The highest BCUT2D eigenvalue weighted by atomic mass is 19.4. The third kappa shape index (κ3) is 3.16. The number of ketones is 1. The SMILES string of the molecule is CCOC=C1CC(NC)=C(c2cccc(C(F)(F)F)c2)C1=O. The standard InChI is InChI=1S/C16H16F3NO2/c1-3-22-9-11-8-13(20-2)14(15(11)21)10-5-4-6-12(7-10)16(17,18)19/h4-7,9,20H,3,8H2,1-2H3. The zero-order valence-electron chi connectivity index (χ0n) is 12.3. The highest BCUT2D eigenvalue weighted by molar-refractivity contribution is 6.32. The topological polar surface area (TPSA) is 38.3 Å². The molecule has 118 valence electrons. The molecule has 1 aromatic carbocycles. The molecule has 6 heteroatoms. The van der Waals surface area contributed by atoms with Crippen LogP contribution in [0.25, 0.3) is 5.57 Å². The van der Waals surface area contributed by atoms with Gasteiger partial charge in [0.25, 0.3) is 0 Å². The van der Waals surface area contributed by atoms with Gasteiger partial charge in [-0.1, -0.05) is 12.1 Å². The van der Waals surface area contributed by atoms with E-state index in [0.717, 1.165) is 12.1 Å². The van der Waals surface area contributed by atoms with Crippen LogP contribution in [-0.2, 0) is 15.7 Å². The molecule has 0 aliphatic heterocycles. The number of nitrogens with one attached hydrogen (secondary N) is 1. The molecule has 0 atom stereocenters. The van der Waals surface area contributed by atoms with Gasteiger partial charge in [0.15, 0.2) is 5.78 Å². The summed E-state index contributed by atoms with van der Waals surface area (Å²) in [6.07, 6.45) is -2.75. The summed E-state index contributed by atoms with van der Waals surface area (Å²) < 4.78 is 43.6. The summed E-state index contributed by atoms with van der Waals surface area (Å²) >= 11 is 0. The van der Waals surface area contributed by atoms with Gasteiger partial charge in [0, 0.05) is 30.3 Å². The van der Waals surface area contributed by atoms with Crippen LogP contribution in [0, 0.1) is 0 Å². The summed E-state index contributed by atoms with van der Waals surface area (Å²) in [6.45, 7) is 2.21. The molecule has 0 spiro atoms. The normalized spacial score (nSPS) is 17.3. The fraction of sp³-hybridized carbons (Fsp3) is 0.312. The van der Waals surface area contributed by atoms with Gasteiger partial charge >= 0.3 is 6.18 Å². The zero-order chi connectivity index (χ0) is 16.3. The number of benzene rings is 1. The molecule has 0 amide bonds. The van der Waals surface area contributed by atoms with Crippen molar-refractivity contribution in [1.29, 1.82) is 0 Å². The lowest BCUT2D eigenvalue weighted by atomic mass is 10.00. The number of alkyl halides is 3. The summed E-state index contributed by atoms with van der Waals surface area (Å²) in [5.74, 6) is -0.308. The maximum atomic E-state index is 12.8. The van der Waals surface area contributed by atoms with E-state index in [-0.39, 0.29) is 16.9 Å². The minimum atomic E-state index is -4.44. The average molecular weight is 311 g/mol. The molecule has 0 aromatic heterocycles. The summed E-state index contributed by atoms with van der Waals surface area (Å²) in [5, 5.41) is 2.89. The number of hydrogen-bond acceptors (Lipinski definition) is 3. The summed E-state index contributed by atoms with van der Waals surface area (Å²) in [6, 6.07) is 4.78. The van der Waals surface area contributed by atoms with E-state index in [1.54, 1.807) is 14.0 Å². The molecule has 0 bridgehead atoms. The quantitative estimate of drug-likeness (QED) is 0.683. The van der Waals surface area contributed by atoms with E-state index in [1.165, 1.54) is 18.4 Å². The number of Topliss-reactive ketones (excluding diaryl/α,β-unsaturated/α-hetero) is 1. The van der Waals surface area contributed by atoms with Crippen molar-refractivity contribution >= 4 is 11.4 Å². The van der Waals surface area contributed by atoms with Crippen molar-refractivity contribution in [2.75, 3.05) is 13.7 Å². The van der Waals surface area contributed by atoms with Crippen LogP contribution in [0.4, 0.5) is 13.2 Å². The predicted molar refractivity (Wildman–Crippen MR) is 76.8 cm³/mol. The number of ether oxygens (including phenoxy) is 1. The molecule has 2 rings (SSSR count). The Bertz CT molecular complexity index is 645. The molecule has 0 heterocycles. The molecule has 1 aromatic rings. The number of hydrogen-bond donors (Lipinski definition) is 1. The van der Waals surface area contributed by atoms with Gasteiger partial charge < -0.3 is 10.1 Å². The Balaban J connectivity index is 2.44. The van der Waals surface area contributed by atoms with Gasteiger partial charge in [-0.15, -0.1) is 0 Å². The third-order valence-corrected chi connectivity index (χ3v) is 3.36. The lowest BCUT2D eigenvalue weighted by molar-refractivity contribution is -0.137. The lowest BCUT2D eigenvalue weighted by Gasteiger charge is -2.10. The highest BCUT2D eigenvalue weighted by Crippen LogP contribution is 2.36. The summed E-state index contributed by atoms with van der Waals surface area (Å²) in [4.78, 5) is 12.4. The number of allylic oxidation sites excluding steroid dienone is 2. The van der Waals surface area contributed by atoms with Gasteiger partial charge in [-0.3, -0.25) is 4.79 Å². The van der Waals surface area contributed by atoms with Crippen LogP contribution in [-0.4, -0.2) is 19.4 Å². The van der Waals surface area contributed by atoms with Crippen LogP contribution in [0.15, 0.2) is 41.8 Å². The average Bonchev–Trinajstić information content (AvgIpc) is 2.80. The van der Waals surface area contributed by atoms with Crippen molar-refractivity contribution in [3.05, 3.63) is 52.9 Å². The maximum absolute atomic E-state index is 12.8. The number of carbonyl (C=O) groups is 1. The van der Waals surface area contributed by atoms with Crippen molar-refractivity contribution in [3.63, 3.8) is 0 Å². The summed E-state index contributed by atoms with van der Waals surface area (Å²) in [7, 11) is 1.64. The minimum absolute atomic E-state index is 0.254. The largest absolute Gasteiger partial charge is 0.501 e. The predicted octanol–water partition coefficient (Wildman–Crippen LogP) is 3.53. The first-order valence-electron chi connectivity index (χ1n) is 6.82. The van der Waals surface area contributed by atoms with E-state index >= 15 is 0 Å². The Morgan fingerprint density at radius 2 is 2.09 bits per heavy atom. The molecule has 22 heavy (non-hydrogen) atoms. The molecule has 0 saturated heterocycles. The molecule has 0 radical (unpaired) electrons. The van der Waals surface area contributed by atoms with E-state index in [1.807, 2.05) is 0 Å². The first-order valence-corrected chi connectivity index (χ1v) is 6.82. The van der Waals surface area contributed by atoms with Gasteiger partial charge in [0.2, 0.25) is 0 Å². The number of halogens is 3. The van der Waals surface area contributed by atoms with E-state index in [0.29, 0.717) is 24.3 Å². The Labute approximate surface area is 126 Å². The number of rotatable bonds is 4. The minimum Gasteiger partial charge on any atom is -0.501 e. The first-order chi connectivity index (χ1) is 10.4.